The highest BCUT2D eigenvalue weighted by atomic mass is 79.9. The molecule has 96 valence electrons. The summed E-state index contributed by atoms with van der Waals surface area (Å²) in [6.45, 7) is 3.83. The molecule has 0 aliphatic rings. The first-order valence-corrected chi connectivity index (χ1v) is 7.23. The summed E-state index contributed by atoms with van der Waals surface area (Å²) in [5, 5.41) is 0.959. The first kappa shape index (κ1) is 13.6. The van der Waals surface area contributed by atoms with Gasteiger partial charge < -0.3 is 0 Å². The van der Waals surface area contributed by atoms with E-state index in [1.807, 2.05) is 13.8 Å². The van der Waals surface area contributed by atoms with Gasteiger partial charge in [-0.05, 0) is 32.4 Å². The number of halogens is 3. The molecule has 2 aromatic rings. The highest BCUT2D eigenvalue weighted by Crippen LogP contribution is 2.34. The molecule has 2 rings (SSSR count). The fourth-order valence-corrected chi connectivity index (χ4v) is 3.68. The van der Waals surface area contributed by atoms with Gasteiger partial charge in [0.2, 0.25) is 0 Å². The van der Waals surface area contributed by atoms with Crippen molar-refractivity contribution in [2.75, 3.05) is 0 Å². The maximum absolute atomic E-state index is 13.6. The molecule has 1 nitrogen and oxygen atoms in total. The van der Waals surface area contributed by atoms with Gasteiger partial charge in [0.15, 0.2) is 0 Å². The fraction of sp³-hybridized carbons (Fsp3) is 0.308. The van der Waals surface area contributed by atoms with Crippen LogP contribution in [0.15, 0.2) is 18.2 Å². The van der Waals surface area contributed by atoms with Crippen LogP contribution in [0.4, 0.5) is 8.78 Å². The lowest BCUT2D eigenvalue weighted by Crippen LogP contribution is -2.01. The van der Waals surface area contributed by atoms with Gasteiger partial charge >= 0.3 is 0 Å². The summed E-state index contributed by atoms with van der Waals surface area (Å²) in [4.78, 5) is 5.23. The van der Waals surface area contributed by atoms with Crippen molar-refractivity contribution < 1.29 is 8.78 Å². The van der Waals surface area contributed by atoms with E-state index < -0.39 is 11.6 Å². The van der Waals surface area contributed by atoms with E-state index in [1.54, 1.807) is 11.3 Å². The van der Waals surface area contributed by atoms with Crippen LogP contribution in [-0.2, 0) is 6.42 Å². The van der Waals surface area contributed by atoms with Gasteiger partial charge in [0.25, 0.3) is 0 Å². The van der Waals surface area contributed by atoms with Crippen LogP contribution in [-0.4, -0.2) is 4.98 Å². The molecular weight excluding hydrogens is 320 g/mol. The molecule has 1 atom stereocenters. The Kier molecular flexibility index (Phi) is 4.12. The second-order valence-corrected chi connectivity index (χ2v) is 6.39. The standard InChI is InChI=1S/C13H12BrF2NS/c1-7-13(18-8(2)17-7)10(14)6-9-11(15)4-3-5-12(9)16/h3-5,10H,6H2,1-2H3. The molecule has 0 fully saturated rings. The Balaban J connectivity index is 2.26. The predicted molar refractivity (Wildman–Crippen MR) is 73.3 cm³/mol. The van der Waals surface area contributed by atoms with Crippen molar-refractivity contribution in [2.24, 2.45) is 0 Å². The Labute approximate surface area is 117 Å². The third-order valence-electron chi connectivity index (χ3n) is 2.67. The number of hydrogen-bond donors (Lipinski definition) is 0. The minimum atomic E-state index is -0.502. The maximum Gasteiger partial charge on any atom is 0.129 e. The van der Waals surface area contributed by atoms with E-state index in [1.165, 1.54) is 18.2 Å². The van der Waals surface area contributed by atoms with E-state index in [2.05, 4.69) is 20.9 Å². The lowest BCUT2D eigenvalue weighted by atomic mass is 10.1. The molecule has 0 radical (unpaired) electrons. The number of nitrogens with zero attached hydrogens (tertiary/aromatic N) is 1. The quantitative estimate of drug-likeness (QED) is 0.742. The molecule has 0 bridgehead atoms. The molecule has 0 spiro atoms. The SMILES string of the molecule is Cc1nc(C)c(C(Br)Cc2c(F)cccc2F)s1. The van der Waals surface area contributed by atoms with Crippen LogP contribution in [0.1, 0.15) is 26.0 Å². The number of hydrogen-bond acceptors (Lipinski definition) is 2. The van der Waals surface area contributed by atoms with Crippen LogP contribution in [0, 0.1) is 25.5 Å². The van der Waals surface area contributed by atoms with Gasteiger partial charge in [-0.1, -0.05) is 22.0 Å². The van der Waals surface area contributed by atoms with Gasteiger partial charge in [-0.25, -0.2) is 13.8 Å². The van der Waals surface area contributed by atoms with Crippen molar-refractivity contribution in [2.45, 2.75) is 25.1 Å². The number of thiazole rings is 1. The monoisotopic (exact) mass is 331 g/mol. The number of benzene rings is 1. The maximum atomic E-state index is 13.6. The van der Waals surface area contributed by atoms with Crippen LogP contribution in [0.2, 0.25) is 0 Å². The summed E-state index contributed by atoms with van der Waals surface area (Å²) < 4.78 is 27.1. The van der Waals surface area contributed by atoms with Crippen molar-refractivity contribution in [3.8, 4) is 0 Å². The molecular formula is C13H12BrF2NS. The Hall–Kier alpha value is -0.810. The Morgan fingerprint density at radius 2 is 1.89 bits per heavy atom. The van der Waals surface area contributed by atoms with E-state index in [0.717, 1.165) is 15.6 Å². The largest absolute Gasteiger partial charge is 0.247 e. The van der Waals surface area contributed by atoms with Crippen LogP contribution < -0.4 is 0 Å². The number of aryl methyl sites for hydroxylation is 2. The minimum absolute atomic E-state index is 0.116. The zero-order valence-electron chi connectivity index (χ0n) is 10.0. The zero-order valence-corrected chi connectivity index (χ0v) is 12.4. The van der Waals surface area contributed by atoms with Crippen molar-refractivity contribution in [1.82, 2.24) is 4.98 Å². The molecule has 0 saturated heterocycles. The molecule has 18 heavy (non-hydrogen) atoms. The summed E-state index contributed by atoms with van der Waals surface area (Å²) in [5.74, 6) is -1.00. The molecule has 0 N–H and O–H groups in total. The lowest BCUT2D eigenvalue weighted by Gasteiger charge is -2.10. The van der Waals surface area contributed by atoms with E-state index in [-0.39, 0.29) is 16.8 Å². The van der Waals surface area contributed by atoms with Gasteiger partial charge in [0, 0.05) is 10.4 Å². The molecule has 1 aromatic heterocycles. The fourth-order valence-electron chi connectivity index (χ4n) is 1.84. The van der Waals surface area contributed by atoms with Crippen molar-refractivity contribution in [1.29, 1.82) is 0 Å². The van der Waals surface area contributed by atoms with Gasteiger partial charge in [-0.2, -0.15) is 0 Å². The average molecular weight is 332 g/mol. The van der Waals surface area contributed by atoms with Crippen molar-refractivity contribution in [3.63, 3.8) is 0 Å². The molecule has 0 aliphatic carbocycles. The Bertz CT molecular complexity index is 548. The van der Waals surface area contributed by atoms with Gasteiger partial charge in [-0.3, -0.25) is 0 Å². The first-order chi connectivity index (χ1) is 8.49. The van der Waals surface area contributed by atoms with Crippen LogP contribution >= 0.6 is 27.3 Å². The Morgan fingerprint density at radius 1 is 1.28 bits per heavy atom. The topological polar surface area (TPSA) is 12.9 Å². The zero-order chi connectivity index (χ0) is 13.3. The Morgan fingerprint density at radius 3 is 2.39 bits per heavy atom. The molecule has 0 amide bonds. The predicted octanol–water partition coefficient (Wildman–Crippen LogP) is 4.72. The van der Waals surface area contributed by atoms with E-state index >= 15 is 0 Å². The smallest absolute Gasteiger partial charge is 0.129 e. The molecule has 1 aromatic carbocycles. The van der Waals surface area contributed by atoms with E-state index in [4.69, 9.17) is 0 Å². The average Bonchev–Trinajstić information content (AvgIpc) is 2.63. The summed E-state index contributed by atoms with van der Waals surface area (Å²) in [7, 11) is 0. The first-order valence-electron chi connectivity index (χ1n) is 5.50. The summed E-state index contributed by atoms with van der Waals surface area (Å²) in [6, 6.07) is 3.94. The highest BCUT2D eigenvalue weighted by molar-refractivity contribution is 9.09. The molecule has 0 aliphatic heterocycles. The van der Waals surface area contributed by atoms with Gasteiger partial charge in [-0.15, -0.1) is 11.3 Å². The summed E-state index contributed by atoms with van der Waals surface area (Å²) >= 11 is 5.04. The van der Waals surface area contributed by atoms with E-state index in [9.17, 15) is 8.78 Å². The number of aromatic nitrogens is 1. The molecule has 1 heterocycles. The summed E-state index contributed by atoms with van der Waals surface area (Å²) in [6.07, 6.45) is 0.279. The second-order valence-electron chi connectivity index (χ2n) is 4.05. The molecule has 0 saturated carbocycles. The number of alkyl halides is 1. The van der Waals surface area contributed by atoms with Gasteiger partial charge in [0.05, 0.1) is 15.5 Å². The van der Waals surface area contributed by atoms with Crippen molar-refractivity contribution in [3.05, 3.63) is 51.0 Å². The van der Waals surface area contributed by atoms with Crippen molar-refractivity contribution >= 4 is 27.3 Å². The minimum Gasteiger partial charge on any atom is -0.247 e. The van der Waals surface area contributed by atoms with E-state index in [0.29, 0.717) is 0 Å². The molecule has 1 unspecified atom stereocenters. The summed E-state index contributed by atoms with van der Waals surface area (Å²) in [5.41, 5.74) is 1.03. The highest BCUT2D eigenvalue weighted by Gasteiger charge is 2.19. The van der Waals surface area contributed by atoms with Crippen LogP contribution in [0.5, 0.6) is 0 Å². The lowest BCUT2D eigenvalue weighted by molar-refractivity contribution is 0.554. The number of rotatable bonds is 3. The van der Waals surface area contributed by atoms with Crippen LogP contribution in [0.25, 0.3) is 0 Å². The molecule has 5 heteroatoms. The second kappa shape index (κ2) is 5.45. The third kappa shape index (κ3) is 2.78. The normalized spacial score (nSPS) is 12.7. The third-order valence-corrected chi connectivity index (χ3v) is 4.94. The van der Waals surface area contributed by atoms with Crippen LogP contribution in [0.3, 0.4) is 0 Å². The van der Waals surface area contributed by atoms with Gasteiger partial charge in [0.1, 0.15) is 11.6 Å².